The highest BCUT2D eigenvalue weighted by atomic mass is 35.5. The first kappa shape index (κ1) is 18.6. The number of anilines is 1. The number of ether oxygens (including phenoxy) is 2. The molecule has 0 bridgehead atoms. The monoisotopic (exact) mass is 367 g/mol. The lowest BCUT2D eigenvalue weighted by Gasteiger charge is -2.11. The second-order valence-electron chi connectivity index (χ2n) is 4.85. The molecule has 0 saturated heterocycles. The van der Waals surface area contributed by atoms with Crippen molar-refractivity contribution in [2.24, 2.45) is 5.16 Å². The average Bonchev–Trinajstić information content (AvgIpc) is 2.98. The quantitative estimate of drug-likeness (QED) is 0.569. The van der Waals surface area contributed by atoms with Crippen molar-refractivity contribution in [3.05, 3.63) is 34.5 Å². The Bertz CT molecular complexity index is 760. The summed E-state index contributed by atoms with van der Waals surface area (Å²) in [6.45, 7) is 3.77. The van der Waals surface area contributed by atoms with Crippen LogP contribution < -0.4 is 14.8 Å². The summed E-state index contributed by atoms with van der Waals surface area (Å²) in [6.07, 6.45) is 1.41. The van der Waals surface area contributed by atoms with Crippen LogP contribution in [0.1, 0.15) is 18.2 Å². The molecule has 0 unspecified atom stereocenters. The van der Waals surface area contributed by atoms with Gasteiger partial charge < -0.3 is 24.2 Å². The minimum absolute atomic E-state index is 0.274. The Kier molecular flexibility index (Phi) is 6.64. The zero-order valence-corrected chi connectivity index (χ0v) is 14.8. The van der Waals surface area contributed by atoms with Gasteiger partial charge in [0.05, 0.1) is 25.0 Å². The standard InChI is InChI=1S/C16H18ClN3O5/c1-4-23-16-12(17)6-11(7-13(16)22-3)8-18-24-9-15(21)19-14-5-10(2)25-20-14/h5-8H,4,9H2,1-3H3,(H,19,20,21)/b18-8-. The number of amides is 1. The maximum atomic E-state index is 11.7. The zero-order chi connectivity index (χ0) is 18.2. The smallest absolute Gasteiger partial charge is 0.266 e. The topological polar surface area (TPSA) is 95.2 Å². The maximum absolute atomic E-state index is 11.7. The molecule has 1 heterocycles. The van der Waals surface area contributed by atoms with Crippen LogP contribution in [-0.2, 0) is 9.63 Å². The highest BCUT2D eigenvalue weighted by molar-refractivity contribution is 6.32. The van der Waals surface area contributed by atoms with Gasteiger partial charge in [-0.1, -0.05) is 21.9 Å². The van der Waals surface area contributed by atoms with Crippen molar-refractivity contribution in [3.8, 4) is 11.5 Å². The molecule has 8 nitrogen and oxygen atoms in total. The molecule has 0 spiro atoms. The molecule has 1 N–H and O–H groups in total. The van der Waals surface area contributed by atoms with Crippen LogP contribution in [0.3, 0.4) is 0 Å². The van der Waals surface area contributed by atoms with E-state index in [4.69, 9.17) is 30.4 Å². The van der Waals surface area contributed by atoms with Crippen molar-refractivity contribution >= 4 is 29.5 Å². The van der Waals surface area contributed by atoms with Crippen LogP contribution in [-0.4, -0.2) is 37.6 Å². The Morgan fingerprint density at radius 3 is 2.88 bits per heavy atom. The van der Waals surface area contributed by atoms with Gasteiger partial charge in [0, 0.05) is 11.6 Å². The summed E-state index contributed by atoms with van der Waals surface area (Å²) < 4.78 is 15.5. The molecule has 0 fully saturated rings. The number of halogens is 1. The predicted octanol–water partition coefficient (Wildman–Crippen LogP) is 3.03. The van der Waals surface area contributed by atoms with E-state index in [2.05, 4.69) is 15.6 Å². The third kappa shape index (κ3) is 5.39. The fourth-order valence-corrected chi connectivity index (χ4v) is 2.17. The number of aromatic nitrogens is 1. The van der Waals surface area contributed by atoms with Crippen LogP contribution in [0.15, 0.2) is 27.9 Å². The van der Waals surface area contributed by atoms with Crippen LogP contribution in [0.2, 0.25) is 5.02 Å². The lowest BCUT2D eigenvalue weighted by molar-refractivity contribution is -0.120. The molecule has 1 amide bonds. The van der Waals surface area contributed by atoms with Gasteiger partial charge in [-0.25, -0.2) is 0 Å². The largest absolute Gasteiger partial charge is 0.493 e. The van der Waals surface area contributed by atoms with Crippen molar-refractivity contribution in [1.29, 1.82) is 0 Å². The number of benzene rings is 1. The molecule has 0 aliphatic carbocycles. The van der Waals surface area contributed by atoms with E-state index in [1.54, 1.807) is 25.1 Å². The number of nitrogens with one attached hydrogen (secondary N) is 1. The Morgan fingerprint density at radius 2 is 2.24 bits per heavy atom. The SMILES string of the molecule is CCOc1c(Cl)cc(/C=N\OCC(=O)Nc2cc(C)on2)cc1OC. The summed E-state index contributed by atoms with van der Waals surface area (Å²) in [4.78, 5) is 16.6. The van der Waals surface area contributed by atoms with Crippen LogP contribution in [0.5, 0.6) is 11.5 Å². The van der Waals surface area contributed by atoms with Crippen molar-refractivity contribution in [2.45, 2.75) is 13.8 Å². The number of carbonyl (C=O) groups is 1. The first-order valence-electron chi connectivity index (χ1n) is 7.42. The normalized spacial score (nSPS) is 10.7. The number of carbonyl (C=O) groups excluding carboxylic acids is 1. The van der Waals surface area contributed by atoms with Crippen molar-refractivity contribution in [2.75, 3.05) is 25.6 Å². The van der Waals surface area contributed by atoms with E-state index in [-0.39, 0.29) is 6.61 Å². The van der Waals surface area contributed by atoms with Gasteiger partial charge in [0.1, 0.15) is 5.76 Å². The Balaban J connectivity index is 1.91. The first-order chi connectivity index (χ1) is 12.0. The predicted molar refractivity (Wildman–Crippen MR) is 92.6 cm³/mol. The second kappa shape index (κ2) is 8.93. The maximum Gasteiger partial charge on any atom is 0.266 e. The summed E-state index contributed by atoms with van der Waals surface area (Å²) >= 11 is 6.16. The summed E-state index contributed by atoms with van der Waals surface area (Å²) in [6, 6.07) is 4.94. The van der Waals surface area contributed by atoms with Crippen molar-refractivity contribution in [3.63, 3.8) is 0 Å². The van der Waals surface area contributed by atoms with E-state index in [1.165, 1.54) is 13.3 Å². The zero-order valence-electron chi connectivity index (χ0n) is 14.0. The molecular weight excluding hydrogens is 350 g/mol. The van der Waals surface area contributed by atoms with Gasteiger partial charge in [-0.3, -0.25) is 4.79 Å². The summed E-state index contributed by atoms with van der Waals surface area (Å²) in [5, 5.41) is 10.3. The van der Waals surface area contributed by atoms with Gasteiger partial charge in [-0.15, -0.1) is 0 Å². The number of oxime groups is 1. The van der Waals surface area contributed by atoms with E-state index in [0.29, 0.717) is 40.3 Å². The molecule has 0 saturated carbocycles. The van der Waals surface area contributed by atoms with Gasteiger partial charge in [-0.2, -0.15) is 0 Å². The molecule has 25 heavy (non-hydrogen) atoms. The van der Waals surface area contributed by atoms with Crippen LogP contribution in [0, 0.1) is 6.92 Å². The molecule has 0 atom stereocenters. The Hall–Kier alpha value is -2.74. The summed E-state index contributed by atoms with van der Waals surface area (Å²) in [5.74, 6) is 1.45. The third-order valence-corrected chi connectivity index (χ3v) is 3.19. The fourth-order valence-electron chi connectivity index (χ4n) is 1.90. The van der Waals surface area contributed by atoms with Crippen molar-refractivity contribution in [1.82, 2.24) is 5.16 Å². The molecule has 134 valence electrons. The highest BCUT2D eigenvalue weighted by Gasteiger charge is 2.11. The number of nitrogens with zero attached hydrogens (tertiary/aromatic N) is 2. The van der Waals surface area contributed by atoms with Gasteiger partial charge in [0.25, 0.3) is 5.91 Å². The molecule has 1 aromatic carbocycles. The molecular formula is C16H18ClN3O5. The number of rotatable bonds is 8. The second-order valence-corrected chi connectivity index (χ2v) is 5.25. The Morgan fingerprint density at radius 1 is 1.44 bits per heavy atom. The van der Waals surface area contributed by atoms with E-state index < -0.39 is 5.91 Å². The fraction of sp³-hybridized carbons (Fsp3) is 0.312. The number of methoxy groups -OCH3 is 1. The van der Waals surface area contributed by atoms with E-state index in [1.807, 2.05) is 6.92 Å². The van der Waals surface area contributed by atoms with E-state index >= 15 is 0 Å². The van der Waals surface area contributed by atoms with Crippen LogP contribution in [0.4, 0.5) is 5.82 Å². The van der Waals surface area contributed by atoms with E-state index in [0.717, 1.165) is 0 Å². The van der Waals surface area contributed by atoms with Crippen LogP contribution in [0.25, 0.3) is 0 Å². The summed E-state index contributed by atoms with van der Waals surface area (Å²) in [5.41, 5.74) is 0.637. The van der Waals surface area contributed by atoms with E-state index in [9.17, 15) is 4.79 Å². The molecule has 9 heteroatoms. The summed E-state index contributed by atoms with van der Waals surface area (Å²) in [7, 11) is 1.52. The molecule has 2 rings (SSSR count). The van der Waals surface area contributed by atoms with Gasteiger partial charge >= 0.3 is 0 Å². The number of aryl methyl sites for hydroxylation is 1. The molecule has 2 aromatic rings. The average molecular weight is 368 g/mol. The number of hydrogen-bond donors (Lipinski definition) is 1. The van der Waals surface area contributed by atoms with Gasteiger partial charge in [-0.05, 0) is 26.0 Å². The van der Waals surface area contributed by atoms with Crippen LogP contribution >= 0.6 is 11.6 Å². The molecule has 0 aliphatic heterocycles. The number of hydrogen-bond acceptors (Lipinski definition) is 7. The van der Waals surface area contributed by atoms with Crippen molar-refractivity contribution < 1.29 is 23.6 Å². The lowest BCUT2D eigenvalue weighted by Crippen LogP contribution is -2.17. The molecule has 1 aromatic heterocycles. The third-order valence-electron chi connectivity index (χ3n) is 2.91. The Labute approximate surface area is 149 Å². The van der Waals surface area contributed by atoms with Gasteiger partial charge in [0.15, 0.2) is 23.9 Å². The first-order valence-corrected chi connectivity index (χ1v) is 7.80. The minimum atomic E-state index is -0.409. The minimum Gasteiger partial charge on any atom is -0.493 e. The lowest BCUT2D eigenvalue weighted by atomic mass is 10.2. The molecule has 0 aliphatic rings. The molecule has 0 radical (unpaired) electrons. The van der Waals surface area contributed by atoms with Gasteiger partial charge in [0.2, 0.25) is 0 Å². The highest BCUT2D eigenvalue weighted by Crippen LogP contribution is 2.35.